The van der Waals surface area contributed by atoms with Gasteiger partial charge in [0.1, 0.15) is 4.60 Å². The van der Waals surface area contributed by atoms with Gasteiger partial charge >= 0.3 is 0 Å². The largest absolute Gasteiger partial charge is 0.236 e. The van der Waals surface area contributed by atoms with E-state index in [9.17, 15) is 0 Å². The van der Waals surface area contributed by atoms with Crippen LogP contribution in [0.1, 0.15) is 0 Å². The maximum atomic E-state index is 6.05. The number of rotatable bonds is 1. The van der Waals surface area contributed by atoms with E-state index in [0.717, 1.165) is 5.56 Å². The Hall–Kier alpha value is -0.640. The van der Waals surface area contributed by atoms with E-state index in [4.69, 9.17) is 23.2 Å². The molecule has 0 spiro atoms. The van der Waals surface area contributed by atoms with Crippen LogP contribution in [-0.4, -0.2) is 9.97 Å². The van der Waals surface area contributed by atoms with Crippen LogP contribution in [0.15, 0.2) is 35.1 Å². The fourth-order valence-corrected chi connectivity index (χ4v) is 1.81. The van der Waals surface area contributed by atoms with Crippen molar-refractivity contribution in [2.75, 3.05) is 0 Å². The van der Waals surface area contributed by atoms with Crippen molar-refractivity contribution < 1.29 is 0 Å². The van der Waals surface area contributed by atoms with Gasteiger partial charge in [-0.15, -0.1) is 0 Å². The predicted molar refractivity (Wildman–Crippen MR) is 65.2 cm³/mol. The van der Waals surface area contributed by atoms with E-state index in [-0.39, 0.29) is 0 Å². The van der Waals surface area contributed by atoms with Gasteiger partial charge in [0, 0.05) is 11.8 Å². The van der Waals surface area contributed by atoms with Crippen molar-refractivity contribution in [3.05, 3.63) is 45.1 Å². The van der Waals surface area contributed by atoms with Gasteiger partial charge in [0.2, 0.25) is 0 Å². The quantitative estimate of drug-likeness (QED) is 0.737. The second-order valence-electron chi connectivity index (χ2n) is 2.80. The van der Waals surface area contributed by atoms with E-state index < -0.39 is 0 Å². The van der Waals surface area contributed by atoms with E-state index in [1.165, 1.54) is 0 Å². The summed E-state index contributed by atoms with van der Waals surface area (Å²) in [4.78, 5) is 8.34. The van der Waals surface area contributed by atoms with Gasteiger partial charge in [-0.25, -0.2) is 9.97 Å². The normalized spacial score (nSPS) is 10.3. The fourth-order valence-electron chi connectivity index (χ4n) is 1.14. The summed E-state index contributed by atoms with van der Waals surface area (Å²) in [6.45, 7) is 0. The van der Waals surface area contributed by atoms with Crippen LogP contribution < -0.4 is 0 Å². The first kappa shape index (κ1) is 10.9. The first-order valence-corrected chi connectivity index (χ1v) is 5.66. The molecule has 0 N–H and O–H groups in total. The lowest BCUT2D eigenvalue weighted by Gasteiger charge is -2.03. The van der Waals surface area contributed by atoms with Crippen LogP contribution in [0.25, 0.3) is 11.4 Å². The molecular formula is C10H5BrCl2N2. The second-order valence-corrected chi connectivity index (χ2v) is 4.40. The van der Waals surface area contributed by atoms with Crippen LogP contribution in [0.5, 0.6) is 0 Å². The van der Waals surface area contributed by atoms with Crippen molar-refractivity contribution in [2.45, 2.75) is 0 Å². The lowest BCUT2D eigenvalue weighted by Crippen LogP contribution is -1.89. The van der Waals surface area contributed by atoms with Crippen molar-refractivity contribution >= 4 is 39.1 Å². The average molecular weight is 304 g/mol. The topological polar surface area (TPSA) is 25.8 Å². The van der Waals surface area contributed by atoms with Crippen LogP contribution in [-0.2, 0) is 0 Å². The smallest absolute Gasteiger partial charge is 0.161 e. The first-order chi connectivity index (χ1) is 7.18. The monoisotopic (exact) mass is 302 g/mol. The van der Waals surface area contributed by atoms with Crippen molar-refractivity contribution in [2.24, 2.45) is 0 Å². The average Bonchev–Trinajstić information content (AvgIpc) is 2.22. The molecule has 15 heavy (non-hydrogen) atoms. The molecule has 2 aromatic rings. The van der Waals surface area contributed by atoms with E-state index >= 15 is 0 Å². The van der Waals surface area contributed by atoms with Crippen LogP contribution in [0.3, 0.4) is 0 Å². The maximum Gasteiger partial charge on any atom is 0.161 e. The summed E-state index contributed by atoms with van der Waals surface area (Å²) in [6, 6.07) is 7.12. The van der Waals surface area contributed by atoms with Crippen LogP contribution in [0.2, 0.25) is 10.0 Å². The molecule has 0 aliphatic rings. The second kappa shape index (κ2) is 4.47. The highest BCUT2D eigenvalue weighted by atomic mass is 79.9. The van der Waals surface area contributed by atoms with E-state index in [1.54, 1.807) is 18.3 Å². The van der Waals surface area contributed by atoms with Gasteiger partial charge in [0.15, 0.2) is 5.82 Å². The molecule has 0 fully saturated rings. The summed E-state index contributed by atoms with van der Waals surface area (Å²) in [5.41, 5.74) is 0.727. The number of halogens is 3. The molecule has 0 radical (unpaired) electrons. The Kier molecular flexibility index (Phi) is 3.24. The van der Waals surface area contributed by atoms with Crippen LogP contribution in [0, 0.1) is 0 Å². The van der Waals surface area contributed by atoms with Crippen LogP contribution >= 0.6 is 39.1 Å². The molecular weight excluding hydrogens is 299 g/mol. The summed E-state index contributed by atoms with van der Waals surface area (Å²) in [5, 5.41) is 0.968. The van der Waals surface area contributed by atoms with Gasteiger partial charge in [-0.1, -0.05) is 29.3 Å². The van der Waals surface area contributed by atoms with Gasteiger partial charge in [-0.05, 0) is 34.1 Å². The minimum Gasteiger partial charge on any atom is -0.236 e. The Morgan fingerprint density at radius 3 is 2.67 bits per heavy atom. The number of nitrogens with zero attached hydrogens (tertiary/aromatic N) is 2. The van der Waals surface area contributed by atoms with Crippen molar-refractivity contribution in [3.63, 3.8) is 0 Å². The zero-order chi connectivity index (χ0) is 10.8. The number of benzene rings is 1. The highest BCUT2D eigenvalue weighted by Crippen LogP contribution is 2.31. The minimum absolute atomic E-state index is 0.470. The number of hydrogen-bond acceptors (Lipinski definition) is 2. The van der Waals surface area contributed by atoms with E-state index in [1.807, 2.05) is 12.1 Å². The molecule has 2 nitrogen and oxygen atoms in total. The summed E-state index contributed by atoms with van der Waals surface area (Å²) in [5.74, 6) is 0.553. The van der Waals surface area contributed by atoms with Crippen molar-refractivity contribution in [1.29, 1.82) is 0 Å². The lowest BCUT2D eigenvalue weighted by atomic mass is 10.2. The zero-order valence-corrected chi connectivity index (χ0v) is 10.5. The van der Waals surface area contributed by atoms with Gasteiger partial charge in [0.05, 0.1) is 10.0 Å². The Morgan fingerprint density at radius 1 is 1.13 bits per heavy atom. The molecule has 1 aromatic heterocycles. The molecule has 0 aliphatic carbocycles. The summed E-state index contributed by atoms with van der Waals surface area (Å²) in [7, 11) is 0. The van der Waals surface area contributed by atoms with Crippen molar-refractivity contribution in [1.82, 2.24) is 9.97 Å². The molecule has 0 bridgehead atoms. The molecule has 0 saturated heterocycles. The molecule has 0 atom stereocenters. The van der Waals surface area contributed by atoms with E-state index in [2.05, 4.69) is 25.9 Å². The standard InChI is InChI=1S/C10H5BrCl2N2/c11-8-4-5-14-10(15-8)6-2-1-3-7(12)9(6)13/h1-5H. The number of aromatic nitrogens is 2. The van der Waals surface area contributed by atoms with Gasteiger partial charge in [-0.3, -0.25) is 0 Å². The highest BCUT2D eigenvalue weighted by molar-refractivity contribution is 9.10. The Morgan fingerprint density at radius 2 is 1.93 bits per heavy atom. The SMILES string of the molecule is Clc1cccc(-c2nccc(Br)n2)c1Cl. The molecule has 0 unspecified atom stereocenters. The molecule has 0 aliphatic heterocycles. The summed E-state index contributed by atoms with van der Waals surface area (Å²) < 4.78 is 0.712. The zero-order valence-electron chi connectivity index (χ0n) is 7.42. The first-order valence-electron chi connectivity index (χ1n) is 4.11. The summed E-state index contributed by atoms with van der Waals surface area (Å²) >= 11 is 15.2. The predicted octanol–water partition coefficient (Wildman–Crippen LogP) is 4.21. The third-order valence-electron chi connectivity index (χ3n) is 1.81. The molecule has 5 heteroatoms. The molecule has 2 rings (SSSR count). The fraction of sp³-hybridized carbons (Fsp3) is 0. The molecule has 1 aromatic carbocycles. The van der Waals surface area contributed by atoms with Gasteiger partial charge < -0.3 is 0 Å². The van der Waals surface area contributed by atoms with E-state index in [0.29, 0.717) is 20.5 Å². The Bertz CT molecular complexity index is 503. The summed E-state index contributed by atoms with van der Waals surface area (Å²) in [6.07, 6.45) is 1.66. The number of hydrogen-bond donors (Lipinski definition) is 0. The maximum absolute atomic E-state index is 6.05. The van der Waals surface area contributed by atoms with Gasteiger partial charge in [-0.2, -0.15) is 0 Å². The minimum atomic E-state index is 0.470. The van der Waals surface area contributed by atoms with Crippen molar-refractivity contribution in [3.8, 4) is 11.4 Å². The third-order valence-corrected chi connectivity index (χ3v) is 3.07. The van der Waals surface area contributed by atoms with Crippen LogP contribution in [0.4, 0.5) is 0 Å². The molecule has 0 saturated carbocycles. The van der Waals surface area contributed by atoms with Gasteiger partial charge in [0.25, 0.3) is 0 Å². The Balaban J connectivity index is 2.59. The molecule has 0 amide bonds. The third kappa shape index (κ3) is 2.30. The molecule has 1 heterocycles. The molecule has 76 valence electrons. The Labute approximate surface area is 105 Å². The lowest BCUT2D eigenvalue weighted by molar-refractivity contribution is 1.15. The highest BCUT2D eigenvalue weighted by Gasteiger charge is 2.08.